The van der Waals surface area contributed by atoms with Gasteiger partial charge in [-0.2, -0.15) is 0 Å². The van der Waals surface area contributed by atoms with Crippen LogP contribution in [0, 0.1) is 6.92 Å². The summed E-state index contributed by atoms with van der Waals surface area (Å²) in [6.07, 6.45) is 1.53. The first-order valence-electron chi connectivity index (χ1n) is 5.96. The minimum atomic E-state index is -0.821. The lowest BCUT2D eigenvalue weighted by atomic mass is 10.3. The van der Waals surface area contributed by atoms with Gasteiger partial charge in [0.2, 0.25) is 0 Å². The topological polar surface area (TPSA) is 71.1 Å². The van der Waals surface area contributed by atoms with Gasteiger partial charge in [0, 0.05) is 11.9 Å². The van der Waals surface area contributed by atoms with Crippen LogP contribution in [-0.2, 0) is 9.59 Å². The second-order valence-corrected chi connectivity index (χ2v) is 5.02. The Kier molecular flexibility index (Phi) is 4.77. The molecule has 0 fully saturated rings. The number of aryl methyl sites for hydroxylation is 1. The molecule has 0 aliphatic heterocycles. The molecule has 0 saturated heterocycles. The smallest absolute Gasteiger partial charge is 0.315 e. The first kappa shape index (κ1) is 15.3. The van der Waals surface area contributed by atoms with Crippen LogP contribution in [0.5, 0.6) is 0 Å². The fourth-order valence-electron chi connectivity index (χ4n) is 1.54. The molecule has 1 aromatic heterocycles. The van der Waals surface area contributed by atoms with Crippen LogP contribution in [0.25, 0.3) is 0 Å². The second kappa shape index (κ2) is 6.56. The molecule has 0 bridgehead atoms. The minimum Gasteiger partial charge on any atom is -0.318 e. The molecule has 0 unspecified atom stereocenters. The van der Waals surface area contributed by atoms with Crippen molar-refractivity contribution in [2.45, 2.75) is 6.92 Å². The van der Waals surface area contributed by atoms with Crippen LogP contribution in [0.1, 0.15) is 5.56 Å². The number of anilines is 2. The number of hydrogen-bond donors (Lipinski definition) is 2. The first-order chi connectivity index (χ1) is 9.97. The van der Waals surface area contributed by atoms with Gasteiger partial charge in [0.1, 0.15) is 5.82 Å². The van der Waals surface area contributed by atoms with Gasteiger partial charge in [0.05, 0.1) is 10.0 Å². The average Bonchev–Trinajstić information content (AvgIpc) is 2.45. The number of amides is 2. The number of benzene rings is 1. The Bertz CT molecular complexity index is 704. The summed E-state index contributed by atoms with van der Waals surface area (Å²) in [6.45, 7) is 1.78. The lowest BCUT2D eigenvalue weighted by Crippen LogP contribution is -2.29. The van der Waals surface area contributed by atoms with Crippen LogP contribution in [0.2, 0.25) is 10.0 Å². The molecular formula is C14H11Cl2N3O2. The van der Waals surface area contributed by atoms with Gasteiger partial charge in [-0.25, -0.2) is 4.98 Å². The average molecular weight is 324 g/mol. The van der Waals surface area contributed by atoms with Crippen molar-refractivity contribution in [2.24, 2.45) is 0 Å². The van der Waals surface area contributed by atoms with E-state index in [0.717, 1.165) is 5.56 Å². The van der Waals surface area contributed by atoms with Crippen LogP contribution in [0.3, 0.4) is 0 Å². The molecule has 21 heavy (non-hydrogen) atoms. The molecule has 2 N–H and O–H groups in total. The summed E-state index contributed by atoms with van der Waals surface area (Å²) in [7, 11) is 0. The Hall–Kier alpha value is -2.11. The lowest BCUT2D eigenvalue weighted by molar-refractivity contribution is -0.133. The summed E-state index contributed by atoms with van der Waals surface area (Å²) < 4.78 is 0. The van der Waals surface area contributed by atoms with Crippen molar-refractivity contribution in [3.05, 3.63) is 52.1 Å². The van der Waals surface area contributed by atoms with E-state index >= 15 is 0 Å². The Morgan fingerprint density at radius 3 is 2.43 bits per heavy atom. The fourth-order valence-corrected chi connectivity index (χ4v) is 1.84. The molecule has 1 heterocycles. The van der Waals surface area contributed by atoms with Crippen molar-refractivity contribution < 1.29 is 9.59 Å². The third kappa shape index (κ3) is 3.93. The van der Waals surface area contributed by atoms with Crippen molar-refractivity contribution in [3.63, 3.8) is 0 Å². The molecule has 5 nitrogen and oxygen atoms in total. The SMILES string of the molecule is Cc1cccnc1NC(=O)C(=O)Nc1ccc(Cl)c(Cl)c1. The summed E-state index contributed by atoms with van der Waals surface area (Å²) in [5, 5.41) is 5.51. The van der Waals surface area contributed by atoms with Crippen molar-refractivity contribution in [2.75, 3.05) is 10.6 Å². The van der Waals surface area contributed by atoms with Crippen molar-refractivity contribution in [1.82, 2.24) is 4.98 Å². The Balaban J connectivity index is 2.04. The highest BCUT2D eigenvalue weighted by Gasteiger charge is 2.15. The molecule has 0 atom stereocenters. The Labute approximate surface area is 131 Å². The van der Waals surface area contributed by atoms with Crippen LogP contribution in [0.15, 0.2) is 36.5 Å². The van der Waals surface area contributed by atoms with Crippen molar-refractivity contribution in [1.29, 1.82) is 0 Å². The zero-order valence-corrected chi connectivity index (χ0v) is 12.5. The van der Waals surface area contributed by atoms with Crippen LogP contribution in [0.4, 0.5) is 11.5 Å². The molecule has 1 aromatic carbocycles. The number of hydrogen-bond acceptors (Lipinski definition) is 3. The first-order valence-corrected chi connectivity index (χ1v) is 6.72. The predicted molar refractivity (Wildman–Crippen MR) is 82.7 cm³/mol. The van der Waals surface area contributed by atoms with E-state index < -0.39 is 11.8 Å². The number of carbonyl (C=O) groups is 2. The molecule has 0 radical (unpaired) electrons. The van der Waals surface area contributed by atoms with Gasteiger partial charge in [-0.15, -0.1) is 0 Å². The van der Waals surface area contributed by atoms with E-state index in [1.165, 1.54) is 18.3 Å². The summed E-state index contributed by atoms with van der Waals surface area (Å²) in [5.41, 5.74) is 1.13. The van der Waals surface area contributed by atoms with Crippen LogP contribution in [-0.4, -0.2) is 16.8 Å². The molecule has 2 aromatic rings. The van der Waals surface area contributed by atoms with Crippen LogP contribution < -0.4 is 10.6 Å². The van der Waals surface area contributed by atoms with Crippen LogP contribution >= 0.6 is 23.2 Å². The second-order valence-electron chi connectivity index (χ2n) is 4.21. The number of nitrogens with zero attached hydrogens (tertiary/aromatic N) is 1. The maximum Gasteiger partial charge on any atom is 0.315 e. The molecule has 108 valence electrons. The Morgan fingerprint density at radius 1 is 1.05 bits per heavy atom. The monoisotopic (exact) mass is 323 g/mol. The Morgan fingerprint density at radius 2 is 1.76 bits per heavy atom. The van der Waals surface area contributed by atoms with Crippen molar-refractivity contribution in [3.8, 4) is 0 Å². The molecule has 2 rings (SSSR count). The molecule has 0 aliphatic rings. The summed E-state index contributed by atoms with van der Waals surface area (Å²) >= 11 is 11.6. The predicted octanol–water partition coefficient (Wildman–Crippen LogP) is 3.27. The van der Waals surface area contributed by atoms with E-state index in [1.54, 1.807) is 25.1 Å². The minimum absolute atomic E-state index is 0.287. The van der Waals surface area contributed by atoms with E-state index in [4.69, 9.17) is 23.2 Å². The largest absolute Gasteiger partial charge is 0.318 e. The number of aromatic nitrogens is 1. The molecule has 7 heteroatoms. The molecular weight excluding hydrogens is 313 g/mol. The van der Waals surface area contributed by atoms with E-state index in [0.29, 0.717) is 16.5 Å². The van der Waals surface area contributed by atoms with Crippen molar-refractivity contribution >= 4 is 46.5 Å². The fraction of sp³-hybridized carbons (Fsp3) is 0.0714. The third-order valence-electron chi connectivity index (χ3n) is 2.63. The van der Waals surface area contributed by atoms with E-state index in [2.05, 4.69) is 15.6 Å². The van der Waals surface area contributed by atoms with E-state index in [1.807, 2.05) is 0 Å². The molecule has 0 aliphatic carbocycles. The maximum atomic E-state index is 11.8. The molecule has 0 saturated carbocycles. The molecule has 0 spiro atoms. The zero-order chi connectivity index (χ0) is 15.4. The highest BCUT2D eigenvalue weighted by molar-refractivity contribution is 6.44. The van der Waals surface area contributed by atoms with E-state index in [9.17, 15) is 9.59 Å². The maximum absolute atomic E-state index is 11.8. The van der Waals surface area contributed by atoms with E-state index in [-0.39, 0.29) is 5.02 Å². The number of pyridine rings is 1. The number of nitrogens with one attached hydrogen (secondary N) is 2. The van der Waals surface area contributed by atoms with Gasteiger partial charge < -0.3 is 10.6 Å². The number of halogens is 2. The van der Waals surface area contributed by atoms with Gasteiger partial charge in [-0.05, 0) is 36.8 Å². The van der Waals surface area contributed by atoms with Gasteiger partial charge >= 0.3 is 11.8 Å². The number of carbonyl (C=O) groups excluding carboxylic acids is 2. The zero-order valence-electron chi connectivity index (χ0n) is 11.0. The third-order valence-corrected chi connectivity index (χ3v) is 3.36. The molecule has 2 amide bonds. The summed E-state index contributed by atoms with van der Waals surface area (Å²) in [6, 6.07) is 8.05. The summed E-state index contributed by atoms with van der Waals surface area (Å²) in [5.74, 6) is -1.30. The highest BCUT2D eigenvalue weighted by Crippen LogP contribution is 2.24. The summed E-state index contributed by atoms with van der Waals surface area (Å²) in [4.78, 5) is 27.6. The lowest BCUT2D eigenvalue weighted by Gasteiger charge is -2.08. The van der Waals surface area contributed by atoms with Gasteiger partial charge in [0.25, 0.3) is 0 Å². The van der Waals surface area contributed by atoms with Gasteiger partial charge in [0.15, 0.2) is 0 Å². The standard InChI is InChI=1S/C14H11Cl2N3O2/c1-8-3-2-6-17-12(8)19-14(21)13(20)18-9-4-5-10(15)11(16)7-9/h2-7H,1H3,(H,18,20)(H,17,19,21). The number of rotatable bonds is 2. The highest BCUT2D eigenvalue weighted by atomic mass is 35.5. The van der Waals surface area contributed by atoms with Gasteiger partial charge in [-0.1, -0.05) is 29.3 Å². The normalized spacial score (nSPS) is 10.0. The quantitative estimate of drug-likeness (QED) is 0.833. The van der Waals surface area contributed by atoms with Gasteiger partial charge in [-0.3, -0.25) is 9.59 Å².